The van der Waals surface area contributed by atoms with Crippen LogP contribution in [-0.2, 0) is 13.0 Å². The van der Waals surface area contributed by atoms with Crippen molar-refractivity contribution in [3.8, 4) is 11.5 Å². The van der Waals surface area contributed by atoms with Crippen LogP contribution in [0.15, 0.2) is 41.0 Å². The molecule has 4 nitrogen and oxygen atoms in total. The maximum absolute atomic E-state index is 5.39. The smallest absolute Gasteiger partial charge is 0.231 e. The van der Waals surface area contributed by atoms with Gasteiger partial charge in [-0.2, -0.15) is 0 Å². The summed E-state index contributed by atoms with van der Waals surface area (Å²) in [6.07, 6.45) is 3.79. The number of hydrogen-bond donors (Lipinski definition) is 1. The van der Waals surface area contributed by atoms with Gasteiger partial charge in [-0.25, -0.2) is 0 Å². The van der Waals surface area contributed by atoms with E-state index < -0.39 is 0 Å². The van der Waals surface area contributed by atoms with Crippen LogP contribution in [0.1, 0.15) is 24.7 Å². The van der Waals surface area contributed by atoms with E-state index in [1.807, 2.05) is 18.2 Å². The molecule has 2 heterocycles. The van der Waals surface area contributed by atoms with E-state index in [0.29, 0.717) is 12.8 Å². The van der Waals surface area contributed by atoms with E-state index in [9.17, 15) is 0 Å². The molecular formula is C16H19NO3. The van der Waals surface area contributed by atoms with Gasteiger partial charge in [-0.3, -0.25) is 0 Å². The van der Waals surface area contributed by atoms with Crippen molar-refractivity contribution < 1.29 is 13.9 Å². The van der Waals surface area contributed by atoms with Crippen molar-refractivity contribution in [1.29, 1.82) is 0 Å². The fraction of sp³-hybridized carbons (Fsp3) is 0.375. The Morgan fingerprint density at radius 3 is 2.95 bits per heavy atom. The Kier molecular flexibility index (Phi) is 3.92. The average Bonchev–Trinajstić information content (AvgIpc) is 3.13. The van der Waals surface area contributed by atoms with Gasteiger partial charge in [0.15, 0.2) is 11.5 Å². The van der Waals surface area contributed by atoms with Crippen molar-refractivity contribution in [1.82, 2.24) is 5.32 Å². The molecule has 0 saturated heterocycles. The summed E-state index contributed by atoms with van der Waals surface area (Å²) in [5.74, 6) is 2.68. The molecule has 2 aromatic rings. The van der Waals surface area contributed by atoms with Gasteiger partial charge in [-0.1, -0.05) is 6.07 Å². The summed E-state index contributed by atoms with van der Waals surface area (Å²) < 4.78 is 16.0. The Balaban J connectivity index is 1.46. The summed E-state index contributed by atoms with van der Waals surface area (Å²) in [5.41, 5.74) is 1.28. The molecule has 0 fully saturated rings. The standard InChI is InChI=1S/C16H19NO3/c1-12(17-10-14-3-2-8-18-14)4-5-13-6-7-15-16(9-13)20-11-19-15/h2-3,6-9,12,17H,4-5,10-11H2,1H3. The molecule has 0 spiro atoms. The molecule has 1 unspecified atom stereocenters. The van der Waals surface area contributed by atoms with E-state index in [1.165, 1.54) is 5.56 Å². The third kappa shape index (κ3) is 3.14. The summed E-state index contributed by atoms with van der Waals surface area (Å²) in [7, 11) is 0. The molecular weight excluding hydrogens is 254 g/mol. The first-order chi connectivity index (χ1) is 9.81. The van der Waals surface area contributed by atoms with E-state index in [0.717, 1.165) is 36.6 Å². The SMILES string of the molecule is CC(CCc1ccc2c(c1)OCO2)NCc1ccco1. The van der Waals surface area contributed by atoms with E-state index in [1.54, 1.807) is 6.26 Å². The summed E-state index contributed by atoms with van der Waals surface area (Å²) in [4.78, 5) is 0. The van der Waals surface area contributed by atoms with Crippen LogP contribution in [0.2, 0.25) is 0 Å². The van der Waals surface area contributed by atoms with Crippen LogP contribution in [-0.4, -0.2) is 12.8 Å². The highest BCUT2D eigenvalue weighted by molar-refractivity contribution is 5.44. The third-order valence-corrected chi connectivity index (χ3v) is 3.51. The van der Waals surface area contributed by atoms with Crippen molar-refractivity contribution in [3.63, 3.8) is 0 Å². The van der Waals surface area contributed by atoms with Crippen LogP contribution >= 0.6 is 0 Å². The number of aryl methyl sites for hydroxylation is 1. The maximum Gasteiger partial charge on any atom is 0.231 e. The molecule has 0 bridgehead atoms. The van der Waals surface area contributed by atoms with Gasteiger partial charge in [0.05, 0.1) is 12.8 Å². The van der Waals surface area contributed by atoms with Crippen molar-refractivity contribution >= 4 is 0 Å². The minimum atomic E-state index is 0.333. The highest BCUT2D eigenvalue weighted by Gasteiger charge is 2.13. The minimum absolute atomic E-state index is 0.333. The van der Waals surface area contributed by atoms with E-state index >= 15 is 0 Å². The van der Waals surface area contributed by atoms with Crippen LogP contribution < -0.4 is 14.8 Å². The average molecular weight is 273 g/mol. The summed E-state index contributed by atoms with van der Waals surface area (Å²) >= 11 is 0. The molecule has 1 N–H and O–H groups in total. The molecule has 0 aliphatic carbocycles. The Morgan fingerprint density at radius 1 is 1.20 bits per heavy atom. The number of furan rings is 1. The molecule has 1 aliphatic rings. The maximum atomic E-state index is 5.39. The normalized spacial score (nSPS) is 14.4. The molecule has 3 rings (SSSR count). The van der Waals surface area contributed by atoms with Gasteiger partial charge in [-0.05, 0) is 49.6 Å². The van der Waals surface area contributed by atoms with Gasteiger partial charge >= 0.3 is 0 Å². The van der Waals surface area contributed by atoms with Gasteiger partial charge in [0.25, 0.3) is 0 Å². The van der Waals surface area contributed by atoms with Crippen LogP contribution in [0.3, 0.4) is 0 Å². The number of hydrogen-bond acceptors (Lipinski definition) is 4. The van der Waals surface area contributed by atoms with Gasteiger partial charge in [0.2, 0.25) is 6.79 Å². The van der Waals surface area contributed by atoms with Crippen LogP contribution in [0, 0.1) is 0 Å². The molecule has 1 aromatic heterocycles. The molecule has 0 saturated carbocycles. The predicted octanol–water partition coefficient (Wildman–Crippen LogP) is 3.12. The second-order valence-corrected chi connectivity index (χ2v) is 5.09. The van der Waals surface area contributed by atoms with Crippen molar-refractivity contribution in [3.05, 3.63) is 47.9 Å². The second kappa shape index (κ2) is 6.01. The number of benzene rings is 1. The van der Waals surface area contributed by atoms with Gasteiger partial charge in [0, 0.05) is 6.04 Å². The van der Waals surface area contributed by atoms with Crippen molar-refractivity contribution in [2.24, 2.45) is 0 Å². The fourth-order valence-corrected chi connectivity index (χ4v) is 2.27. The zero-order valence-electron chi connectivity index (χ0n) is 11.6. The Hall–Kier alpha value is -1.94. The van der Waals surface area contributed by atoms with Crippen molar-refractivity contribution in [2.75, 3.05) is 6.79 Å². The van der Waals surface area contributed by atoms with Gasteiger partial charge in [0.1, 0.15) is 5.76 Å². The molecule has 4 heteroatoms. The summed E-state index contributed by atoms with van der Waals surface area (Å²) in [6, 6.07) is 10.5. The van der Waals surface area contributed by atoms with Crippen LogP contribution in [0.5, 0.6) is 11.5 Å². The molecule has 1 aliphatic heterocycles. The van der Waals surface area contributed by atoms with Crippen molar-refractivity contribution in [2.45, 2.75) is 32.4 Å². The quantitative estimate of drug-likeness (QED) is 0.878. The van der Waals surface area contributed by atoms with Crippen LogP contribution in [0.4, 0.5) is 0 Å². The Bertz CT molecular complexity index is 551. The number of rotatable bonds is 6. The second-order valence-electron chi connectivity index (χ2n) is 5.09. The zero-order chi connectivity index (χ0) is 13.8. The van der Waals surface area contributed by atoms with E-state index in [2.05, 4.69) is 24.4 Å². The number of fused-ring (bicyclic) bond motifs is 1. The lowest BCUT2D eigenvalue weighted by molar-refractivity contribution is 0.174. The first kappa shape index (κ1) is 13.1. The van der Waals surface area contributed by atoms with Gasteiger partial charge in [-0.15, -0.1) is 0 Å². The largest absolute Gasteiger partial charge is 0.468 e. The molecule has 106 valence electrons. The molecule has 1 aromatic carbocycles. The predicted molar refractivity (Wildman–Crippen MR) is 75.9 cm³/mol. The third-order valence-electron chi connectivity index (χ3n) is 3.51. The highest BCUT2D eigenvalue weighted by atomic mass is 16.7. The lowest BCUT2D eigenvalue weighted by atomic mass is 10.1. The molecule has 1 atom stereocenters. The molecule has 0 radical (unpaired) electrons. The zero-order valence-corrected chi connectivity index (χ0v) is 11.6. The van der Waals surface area contributed by atoms with E-state index in [-0.39, 0.29) is 0 Å². The lowest BCUT2D eigenvalue weighted by Crippen LogP contribution is -2.25. The Morgan fingerprint density at radius 2 is 2.10 bits per heavy atom. The van der Waals surface area contributed by atoms with Gasteiger partial charge < -0.3 is 19.2 Å². The molecule has 20 heavy (non-hydrogen) atoms. The first-order valence-electron chi connectivity index (χ1n) is 6.95. The summed E-state index contributed by atoms with van der Waals surface area (Å²) in [5, 5.41) is 3.46. The minimum Gasteiger partial charge on any atom is -0.468 e. The van der Waals surface area contributed by atoms with Crippen LogP contribution in [0.25, 0.3) is 0 Å². The van der Waals surface area contributed by atoms with E-state index in [4.69, 9.17) is 13.9 Å². The number of ether oxygens (including phenoxy) is 2. The monoisotopic (exact) mass is 273 g/mol. The Labute approximate surface area is 118 Å². The number of nitrogens with one attached hydrogen (secondary N) is 1. The highest BCUT2D eigenvalue weighted by Crippen LogP contribution is 2.32. The lowest BCUT2D eigenvalue weighted by Gasteiger charge is -2.12. The summed E-state index contributed by atoms with van der Waals surface area (Å²) in [6.45, 7) is 3.30. The fourth-order valence-electron chi connectivity index (χ4n) is 2.27. The molecule has 0 amide bonds. The topological polar surface area (TPSA) is 43.6 Å². The first-order valence-corrected chi connectivity index (χ1v) is 6.95.